The second-order valence-electron chi connectivity index (χ2n) is 8.70. The molecule has 0 saturated carbocycles. The Morgan fingerprint density at radius 3 is 2.38 bits per heavy atom. The van der Waals surface area contributed by atoms with Crippen LogP contribution in [0.3, 0.4) is 0 Å². The summed E-state index contributed by atoms with van der Waals surface area (Å²) in [4.78, 5) is 13.0. The number of rotatable bonds is 6. The second-order valence-corrected chi connectivity index (χ2v) is 9.14. The third-order valence-electron chi connectivity index (χ3n) is 6.31. The number of hydrogen-bond acceptors (Lipinski definition) is 3. The monoisotopic (exact) mass is 502 g/mol. The van der Waals surface area contributed by atoms with Crippen LogP contribution in [0.5, 0.6) is 5.75 Å². The molecule has 0 unspecified atom stereocenters. The van der Waals surface area contributed by atoms with Gasteiger partial charge in [0, 0.05) is 21.8 Å². The first-order valence-corrected chi connectivity index (χ1v) is 12.2. The number of hydrogen-bond donors (Lipinski definition) is 1. The zero-order chi connectivity index (χ0) is 25.8. The van der Waals surface area contributed by atoms with E-state index < -0.39 is 5.91 Å². The Morgan fingerprint density at radius 2 is 1.62 bits per heavy atom. The zero-order valence-corrected chi connectivity index (χ0v) is 20.9. The normalized spacial score (nSPS) is 11.3. The summed E-state index contributed by atoms with van der Waals surface area (Å²) in [7, 11) is 0. The van der Waals surface area contributed by atoms with Crippen molar-refractivity contribution >= 4 is 50.8 Å². The van der Waals surface area contributed by atoms with Crippen LogP contribution in [-0.2, 0) is 11.4 Å². The average molecular weight is 503 g/mol. The number of fused-ring (bicyclic) bond motifs is 2. The number of aryl methyl sites for hydroxylation is 1. The van der Waals surface area contributed by atoms with Crippen LogP contribution in [0, 0.1) is 18.3 Å². The molecule has 0 aliphatic carbocycles. The standard InChI is InChI=1S/C32H23ClN2O2/c1-21-13-14-22-7-3-5-12-28(22)30(21)20-37-31-16-15-23-8-2-4-11-27(23)29(31)17-24(19-34)32(36)35-26-10-6-9-25(33)18-26/h2-18H,20H2,1H3,(H,35,36)/b24-17+. The number of halogens is 1. The number of amides is 1. The molecule has 0 fully saturated rings. The summed E-state index contributed by atoms with van der Waals surface area (Å²) < 4.78 is 6.38. The van der Waals surface area contributed by atoms with E-state index in [1.807, 2.05) is 54.6 Å². The van der Waals surface area contributed by atoms with Gasteiger partial charge in [0.1, 0.15) is 24.0 Å². The first-order valence-electron chi connectivity index (χ1n) is 11.8. The van der Waals surface area contributed by atoms with Gasteiger partial charge < -0.3 is 10.1 Å². The Bertz CT molecular complexity index is 1720. The number of benzene rings is 5. The van der Waals surface area contributed by atoms with Gasteiger partial charge in [0.25, 0.3) is 5.91 Å². The maximum Gasteiger partial charge on any atom is 0.266 e. The average Bonchev–Trinajstić information content (AvgIpc) is 2.91. The van der Waals surface area contributed by atoms with Crippen LogP contribution in [-0.4, -0.2) is 5.91 Å². The van der Waals surface area contributed by atoms with Crippen LogP contribution in [0.25, 0.3) is 27.6 Å². The van der Waals surface area contributed by atoms with Gasteiger partial charge in [-0.2, -0.15) is 5.26 Å². The molecule has 0 bridgehead atoms. The van der Waals surface area contributed by atoms with E-state index in [0.717, 1.165) is 32.7 Å². The number of ether oxygens (including phenoxy) is 1. The molecule has 180 valence electrons. The Kier molecular flexibility index (Phi) is 6.89. The van der Waals surface area contributed by atoms with E-state index in [2.05, 4.69) is 36.5 Å². The van der Waals surface area contributed by atoms with E-state index >= 15 is 0 Å². The molecule has 4 nitrogen and oxygen atoms in total. The Balaban J connectivity index is 1.53. The zero-order valence-electron chi connectivity index (χ0n) is 20.2. The molecule has 0 aromatic heterocycles. The molecule has 0 radical (unpaired) electrons. The number of nitrogens with one attached hydrogen (secondary N) is 1. The van der Waals surface area contributed by atoms with Crippen LogP contribution >= 0.6 is 11.6 Å². The summed E-state index contributed by atoms with van der Waals surface area (Å²) >= 11 is 6.04. The van der Waals surface area contributed by atoms with Gasteiger partial charge >= 0.3 is 0 Å². The van der Waals surface area contributed by atoms with E-state index in [9.17, 15) is 10.1 Å². The maximum absolute atomic E-state index is 13.0. The molecule has 0 heterocycles. The van der Waals surface area contributed by atoms with Crippen molar-refractivity contribution in [2.75, 3.05) is 5.32 Å². The lowest BCUT2D eigenvalue weighted by Gasteiger charge is -2.15. The Labute approximate surface area is 220 Å². The lowest BCUT2D eigenvalue weighted by Crippen LogP contribution is -2.13. The van der Waals surface area contributed by atoms with Crippen LogP contribution in [0.2, 0.25) is 5.02 Å². The number of nitrogens with zero attached hydrogens (tertiary/aromatic N) is 1. The first-order chi connectivity index (χ1) is 18.0. The second kappa shape index (κ2) is 10.6. The smallest absolute Gasteiger partial charge is 0.266 e. The summed E-state index contributed by atoms with van der Waals surface area (Å²) in [6.07, 6.45) is 1.59. The van der Waals surface area contributed by atoms with E-state index in [-0.39, 0.29) is 5.57 Å². The molecule has 1 amide bonds. The van der Waals surface area contributed by atoms with Gasteiger partial charge in [-0.25, -0.2) is 0 Å². The van der Waals surface area contributed by atoms with Gasteiger partial charge in [-0.3, -0.25) is 4.79 Å². The van der Waals surface area contributed by atoms with Crippen molar-refractivity contribution in [3.8, 4) is 11.8 Å². The molecule has 0 spiro atoms. The lowest BCUT2D eigenvalue weighted by molar-refractivity contribution is -0.112. The van der Waals surface area contributed by atoms with Gasteiger partial charge in [-0.15, -0.1) is 0 Å². The third kappa shape index (κ3) is 5.18. The Hall–Kier alpha value is -4.59. The first kappa shape index (κ1) is 24.1. The van der Waals surface area contributed by atoms with Crippen molar-refractivity contribution < 1.29 is 9.53 Å². The van der Waals surface area contributed by atoms with Crippen molar-refractivity contribution in [2.24, 2.45) is 0 Å². The highest BCUT2D eigenvalue weighted by Crippen LogP contribution is 2.32. The van der Waals surface area contributed by atoms with Crippen molar-refractivity contribution in [2.45, 2.75) is 13.5 Å². The molecule has 1 N–H and O–H groups in total. The molecule has 0 aliphatic rings. The molecule has 5 heteroatoms. The maximum atomic E-state index is 13.0. The molecule has 0 aliphatic heterocycles. The van der Waals surface area contributed by atoms with Gasteiger partial charge in [-0.05, 0) is 64.4 Å². The molecule has 37 heavy (non-hydrogen) atoms. The minimum absolute atomic E-state index is 0.0393. The van der Waals surface area contributed by atoms with Crippen LogP contribution < -0.4 is 10.1 Å². The molecule has 5 aromatic rings. The summed E-state index contributed by atoms with van der Waals surface area (Å²) in [6.45, 7) is 2.42. The van der Waals surface area contributed by atoms with Crippen LogP contribution in [0.1, 0.15) is 16.7 Å². The Morgan fingerprint density at radius 1 is 0.919 bits per heavy atom. The third-order valence-corrected chi connectivity index (χ3v) is 6.55. The lowest BCUT2D eigenvalue weighted by atomic mass is 9.99. The van der Waals surface area contributed by atoms with Crippen molar-refractivity contribution in [3.63, 3.8) is 0 Å². The quantitative estimate of drug-likeness (QED) is 0.188. The molecule has 0 atom stereocenters. The van der Waals surface area contributed by atoms with Crippen molar-refractivity contribution in [1.82, 2.24) is 0 Å². The van der Waals surface area contributed by atoms with Crippen molar-refractivity contribution in [1.29, 1.82) is 5.26 Å². The number of carbonyl (C=O) groups excluding carboxylic acids is 1. The van der Waals surface area contributed by atoms with Gasteiger partial charge in [0.05, 0.1) is 0 Å². The summed E-state index contributed by atoms with van der Waals surface area (Å²) in [5.74, 6) is 0.0721. The molecule has 0 saturated heterocycles. The molecule has 5 rings (SSSR count). The van der Waals surface area contributed by atoms with E-state index in [0.29, 0.717) is 28.6 Å². The predicted octanol–water partition coefficient (Wildman–Crippen LogP) is 8.08. The summed E-state index contributed by atoms with van der Waals surface area (Å²) in [5.41, 5.74) is 3.38. The highest BCUT2D eigenvalue weighted by molar-refractivity contribution is 6.31. The molecular formula is C32H23ClN2O2. The minimum Gasteiger partial charge on any atom is -0.488 e. The van der Waals surface area contributed by atoms with Crippen LogP contribution in [0.4, 0.5) is 5.69 Å². The fourth-order valence-corrected chi connectivity index (χ4v) is 4.58. The van der Waals surface area contributed by atoms with Crippen LogP contribution in [0.15, 0.2) is 103 Å². The summed E-state index contributed by atoms with van der Waals surface area (Å²) in [5, 5.41) is 17.3. The fourth-order valence-electron chi connectivity index (χ4n) is 4.39. The highest BCUT2D eigenvalue weighted by atomic mass is 35.5. The van der Waals surface area contributed by atoms with Gasteiger partial charge in [0.15, 0.2) is 0 Å². The highest BCUT2D eigenvalue weighted by Gasteiger charge is 2.15. The SMILES string of the molecule is Cc1ccc2ccccc2c1COc1ccc2ccccc2c1/C=C(\C#N)C(=O)Nc1cccc(Cl)c1. The van der Waals surface area contributed by atoms with E-state index in [1.54, 1.807) is 30.3 Å². The number of anilines is 1. The van der Waals surface area contributed by atoms with Gasteiger partial charge in [-0.1, -0.05) is 84.4 Å². The van der Waals surface area contributed by atoms with E-state index in [1.165, 1.54) is 0 Å². The van der Waals surface area contributed by atoms with Gasteiger partial charge in [0.2, 0.25) is 0 Å². The predicted molar refractivity (Wildman–Crippen MR) is 151 cm³/mol. The minimum atomic E-state index is -0.520. The molecular weight excluding hydrogens is 480 g/mol. The van der Waals surface area contributed by atoms with E-state index in [4.69, 9.17) is 16.3 Å². The molecule has 5 aromatic carbocycles. The van der Waals surface area contributed by atoms with Crippen molar-refractivity contribution in [3.05, 3.63) is 124 Å². The topological polar surface area (TPSA) is 62.1 Å². The number of carbonyl (C=O) groups is 1. The fraction of sp³-hybridized carbons (Fsp3) is 0.0625. The largest absolute Gasteiger partial charge is 0.488 e. The number of nitriles is 1. The summed E-state index contributed by atoms with van der Waals surface area (Å²) in [6, 6.07) is 33.0.